The van der Waals surface area contributed by atoms with Crippen molar-refractivity contribution in [2.24, 2.45) is 5.92 Å². The van der Waals surface area contributed by atoms with Crippen molar-refractivity contribution in [3.8, 4) is 5.75 Å². The van der Waals surface area contributed by atoms with Crippen LogP contribution in [0.2, 0.25) is 0 Å². The molecule has 3 heteroatoms. The highest BCUT2D eigenvalue weighted by Gasteiger charge is 2.23. The van der Waals surface area contributed by atoms with Crippen molar-refractivity contribution < 1.29 is 4.74 Å². The van der Waals surface area contributed by atoms with Gasteiger partial charge in [0.05, 0.1) is 6.61 Å². The van der Waals surface area contributed by atoms with E-state index >= 15 is 0 Å². The van der Waals surface area contributed by atoms with Crippen LogP contribution in [0.1, 0.15) is 44.2 Å². The van der Waals surface area contributed by atoms with Gasteiger partial charge >= 0.3 is 0 Å². The van der Waals surface area contributed by atoms with Crippen LogP contribution in [-0.2, 0) is 0 Å². The van der Waals surface area contributed by atoms with Crippen molar-refractivity contribution in [1.82, 2.24) is 5.32 Å². The summed E-state index contributed by atoms with van der Waals surface area (Å²) < 4.78 is 6.66. The number of rotatable bonds is 6. The standard InChI is InChI=1S/C15H22BrNO/c1-3-18-12-7-8-13(14(16)10-12)15(17-2)9-11-5-4-6-11/h7-8,10-11,15,17H,3-6,9H2,1-2H3. The molecule has 0 radical (unpaired) electrons. The molecule has 0 heterocycles. The van der Waals surface area contributed by atoms with Gasteiger partial charge in [-0.2, -0.15) is 0 Å². The Kier molecular flexibility index (Phi) is 5.07. The molecule has 0 aliphatic heterocycles. The zero-order valence-electron chi connectivity index (χ0n) is 11.2. The number of benzene rings is 1. The monoisotopic (exact) mass is 311 g/mol. The van der Waals surface area contributed by atoms with Crippen molar-refractivity contribution in [2.75, 3.05) is 13.7 Å². The van der Waals surface area contributed by atoms with E-state index in [0.29, 0.717) is 12.6 Å². The van der Waals surface area contributed by atoms with Gasteiger partial charge in [-0.25, -0.2) is 0 Å². The highest BCUT2D eigenvalue weighted by atomic mass is 79.9. The number of hydrogen-bond acceptors (Lipinski definition) is 2. The fraction of sp³-hybridized carbons (Fsp3) is 0.600. The molecule has 0 spiro atoms. The average Bonchev–Trinajstić information content (AvgIpc) is 2.30. The first-order valence-electron chi connectivity index (χ1n) is 6.84. The minimum absolute atomic E-state index is 0.445. The highest BCUT2D eigenvalue weighted by molar-refractivity contribution is 9.10. The molecule has 1 saturated carbocycles. The number of ether oxygens (including phenoxy) is 1. The normalized spacial score (nSPS) is 17.3. The molecule has 1 atom stereocenters. The molecule has 1 fully saturated rings. The van der Waals surface area contributed by atoms with E-state index in [9.17, 15) is 0 Å². The Hall–Kier alpha value is -0.540. The third kappa shape index (κ3) is 3.27. The van der Waals surface area contributed by atoms with E-state index in [1.165, 1.54) is 31.2 Å². The average molecular weight is 312 g/mol. The highest BCUT2D eigenvalue weighted by Crippen LogP contribution is 2.37. The molecule has 1 aliphatic carbocycles. The first-order chi connectivity index (χ1) is 8.74. The van der Waals surface area contributed by atoms with E-state index in [1.54, 1.807) is 0 Å². The SMILES string of the molecule is CCOc1ccc(C(CC2CCC2)NC)c(Br)c1. The maximum atomic E-state index is 5.52. The predicted molar refractivity (Wildman–Crippen MR) is 79.1 cm³/mol. The lowest BCUT2D eigenvalue weighted by molar-refractivity contribution is 0.265. The first kappa shape index (κ1) is 13.9. The summed E-state index contributed by atoms with van der Waals surface area (Å²) in [6.07, 6.45) is 5.44. The van der Waals surface area contributed by atoms with Crippen LogP contribution in [0.4, 0.5) is 0 Å². The van der Waals surface area contributed by atoms with Gasteiger partial charge in [0.25, 0.3) is 0 Å². The van der Waals surface area contributed by atoms with E-state index in [0.717, 1.165) is 16.1 Å². The third-order valence-corrected chi connectivity index (χ3v) is 4.49. The van der Waals surface area contributed by atoms with Gasteiger partial charge in [0.1, 0.15) is 5.75 Å². The van der Waals surface area contributed by atoms with Gasteiger partial charge in [-0.3, -0.25) is 0 Å². The van der Waals surface area contributed by atoms with Crippen LogP contribution in [0.3, 0.4) is 0 Å². The molecule has 2 nitrogen and oxygen atoms in total. The summed E-state index contributed by atoms with van der Waals surface area (Å²) >= 11 is 3.67. The molecule has 18 heavy (non-hydrogen) atoms. The fourth-order valence-corrected chi connectivity index (χ4v) is 3.14. The lowest BCUT2D eigenvalue weighted by Gasteiger charge is -2.30. The van der Waals surface area contributed by atoms with Gasteiger partial charge in [-0.1, -0.05) is 41.3 Å². The first-order valence-corrected chi connectivity index (χ1v) is 7.63. The second kappa shape index (κ2) is 6.58. The van der Waals surface area contributed by atoms with Gasteiger partial charge in [0.2, 0.25) is 0 Å². The second-order valence-electron chi connectivity index (χ2n) is 4.99. The summed E-state index contributed by atoms with van der Waals surface area (Å²) in [5.74, 6) is 1.84. The van der Waals surface area contributed by atoms with Crippen LogP contribution in [0.5, 0.6) is 5.75 Å². The van der Waals surface area contributed by atoms with Gasteiger partial charge in [-0.15, -0.1) is 0 Å². The maximum absolute atomic E-state index is 5.52. The van der Waals surface area contributed by atoms with Gasteiger partial charge in [0.15, 0.2) is 0 Å². The fourth-order valence-electron chi connectivity index (χ4n) is 2.51. The van der Waals surface area contributed by atoms with E-state index < -0.39 is 0 Å². The molecule has 1 aromatic rings. The Morgan fingerprint density at radius 3 is 2.72 bits per heavy atom. The van der Waals surface area contributed by atoms with Crippen LogP contribution < -0.4 is 10.1 Å². The molecule has 1 aromatic carbocycles. The quantitative estimate of drug-likeness (QED) is 0.845. The minimum Gasteiger partial charge on any atom is -0.494 e. The van der Waals surface area contributed by atoms with Crippen LogP contribution >= 0.6 is 15.9 Å². The summed E-state index contributed by atoms with van der Waals surface area (Å²) in [7, 11) is 2.05. The zero-order chi connectivity index (χ0) is 13.0. The molecule has 100 valence electrons. The molecule has 0 saturated heterocycles. The summed E-state index contributed by atoms with van der Waals surface area (Å²) in [5, 5.41) is 3.44. The number of halogens is 1. The van der Waals surface area contributed by atoms with Crippen molar-refractivity contribution in [1.29, 1.82) is 0 Å². The van der Waals surface area contributed by atoms with Crippen molar-refractivity contribution in [3.05, 3.63) is 28.2 Å². The van der Waals surface area contributed by atoms with E-state index in [4.69, 9.17) is 4.74 Å². The lowest BCUT2D eigenvalue weighted by Crippen LogP contribution is -2.23. The molecule has 1 aliphatic rings. The molecule has 0 bridgehead atoms. The van der Waals surface area contributed by atoms with Crippen LogP contribution in [0.25, 0.3) is 0 Å². The molecule has 1 unspecified atom stereocenters. The van der Waals surface area contributed by atoms with Crippen LogP contribution in [-0.4, -0.2) is 13.7 Å². The van der Waals surface area contributed by atoms with Gasteiger partial charge in [0, 0.05) is 10.5 Å². The number of hydrogen-bond donors (Lipinski definition) is 1. The van der Waals surface area contributed by atoms with E-state index in [1.807, 2.05) is 14.0 Å². The largest absolute Gasteiger partial charge is 0.494 e. The van der Waals surface area contributed by atoms with Gasteiger partial charge < -0.3 is 10.1 Å². The summed E-state index contributed by atoms with van der Waals surface area (Å²) in [4.78, 5) is 0. The molecule has 2 rings (SSSR count). The van der Waals surface area contributed by atoms with E-state index in [-0.39, 0.29) is 0 Å². The predicted octanol–water partition coefficient (Wildman–Crippen LogP) is 4.30. The molecule has 0 aromatic heterocycles. The second-order valence-corrected chi connectivity index (χ2v) is 5.84. The molecular weight excluding hydrogens is 290 g/mol. The van der Waals surface area contributed by atoms with E-state index in [2.05, 4.69) is 39.4 Å². The minimum atomic E-state index is 0.445. The van der Waals surface area contributed by atoms with Crippen molar-refractivity contribution in [2.45, 2.75) is 38.6 Å². The molecule has 1 N–H and O–H groups in total. The number of nitrogens with one attached hydrogen (secondary N) is 1. The zero-order valence-corrected chi connectivity index (χ0v) is 12.8. The summed E-state index contributed by atoms with van der Waals surface area (Å²) in [5.41, 5.74) is 1.34. The topological polar surface area (TPSA) is 21.3 Å². The molecule has 0 amide bonds. The Morgan fingerprint density at radius 2 is 2.22 bits per heavy atom. The Balaban J connectivity index is 2.09. The maximum Gasteiger partial charge on any atom is 0.120 e. The Labute approximate surface area is 118 Å². The van der Waals surface area contributed by atoms with Crippen LogP contribution in [0.15, 0.2) is 22.7 Å². The smallest absolute Gasteiger partial charge is 0.120 e. The lowest BCUT2D eigenvalue weighted by atomic mass is 9.79. The third-order valence-electron chi connectivity index (χ3n) is 3.80. The molecular formula is C15H22BrNO. The summed E-state index contributed by atoms with van der Waals surface area (Å²) in [6, 6.07) is 6.76. The van der Waals surface area contributed by atoms with Crippen LogP contribution in [0, 0.1) is 5.92 Å². The van der Waals surface area contributed by atoms with Crippen molar-refractivity contribution >= 4 is 15.9 Å². The van der Waals surface area contributed by atoms with Crippen molar-refractivity contribution in [3.63, 3.8) is 0 Å². The Bertz CT molecular complexity index is 390. The van der Waals surface area contributed by atoms with Gasteiger partial charge in [-0.05, 0) is 44.0 Å². The Morgan fingerprint density at radius 1 is 1.44 bits per heavy atom. The summed E-state index contributed by atoms with van der Waals surface area (Å²) in [6.45, 7) is 2.72.